The van der Waals surface area contributed by atoms with Crippen LogP contribution in [0.5, 0.6) is 0 Å². The first-order valence-electron chi connectivity index (χ1n) is 11.0. The number of carbonyl (C=O) groups is 1. The Morgan fingerprint density at radius 1 is 1.03 bits per heavy atom. The fourth-order valence-corrected chi connectivity index (χ4v) is 6.01. The van der Waals surface area contributed by atoms with Gasteiger partial charge in [-0.15, -0.1) is 0 Å². The number of hydrogen-bond donors (Lipinski definition) is 2. The van der Waals surface area contributed by atoms with Crippen molar-refractivity contribution in [2.45, 2.75) is 37.7 Å². The van der Waals surface area contributed by atoms with Crippen molar-refractivity contribution in [1.82, 2.24) is 4.72 Å². The Kier molecular flexibility index (Phi) is 6.38. The predicted octanol–water partition coefficient (Wildman–Crippen LogP) is 4.48. The number of amidine groups is 1. The van der Waals surface area contributed by atoms with Gasteiger partial charge in [-0.05, 0) is 55.7 Å². The molecule has 0 radical (unpaired) electrons. The molecule has 1 saturated heterocycles. The van der Waals surface area contributed by atoms with Gasteiger partial charge in [-0.1, -0.05) is 54.6 Å². The number of benzene rings is 3. The molecule has 35 heavy (non-hydrogen) atoms. The molecule has 1 heterocycles. The van der Waals surface area contributed by atoms with Crippen LogP contribution in [0.1, 0.15) is 53.5 Å². The van der Waals surface area contributed by atoms with E-state index in [9.17, 15) is 17.6 Å². The summed E-state index contributed by atoms with van der Waals surface area (Å²) < 4.78 is 49.0. The first-order valence-corrected chi connectivity index (χ1v) is 12.6. The van der Waals surface area contributed by atoms with Crippen molar-refractivity contribution >= 4 is 22.0 Å². The summed E-state index contributed by atoms with van der Waals surface area (Å²) in [5.74, 6) is -0.931. The normalized spacial score (nSPS) is 20.5. The van der Waals surface area contributed by atoms with Gasteiger partial charge in [-0.25, -0.2) is 22.5 Å². The first kappa shape index (κ1) is 24.4. The highest BCUT2D eigenvalue weighted by Gasteiger charge is 2.48. The van der Waals surface area contributed by atoms with E-state index in [2.05, 4.69) is 9.71 Å². The minimum Gasteiger partial charge on any atom is -0.457 e. The molecule has 0 saturated carbocycles. The summed E-state index contributed by atoms with van der Waals surface area (Å²) in [6, 6.07) is 19.3. The Morgan fingerprint density at radius 2 is 1.60 bits per heavy atom. The van der Waals surface area contributed by atoms with Crippen LogP contribution in [-0.4, -0.2) is 25.9 Å². The summed E-state index contributed by atoms with van der Waals surface area (Å²) in [5, 5.41) is -1.01. The summed E-state index contributed by atoms with van der Waals surface area (Å²) in [4.78, 5) is 15.6. The number of ether oxygens (including phenoxy) is 1. The van der Waals surface area contributed by atoms with Crippen molar-refractivity contribution in [2.75, 3.05) is 0 Å². The smallest absolute Gasteiger partial charge is 0.299 e. The maximum Gasteiger partial charge on any atom is 0.299 e. The summed E-state index contributed by atoms with van der Waals surface area (Å²) in [5.41, 5.74) is 7.14. The molecule has 1 fully saturated rings. The third-order valence-electron chi connectivity index (χ3n) is 5.91. The molecule has 3 aromatic rings. The topological polar surface area (TPSA) is 111 Å². The molecule has 0 bridgehead atoms. The number of primary amides is 1. The summed E-state index contributed by atoms with van der Waals surface area (Å²) in [6.45, 7) is 5.02. The van der Waals surface area contributed by atoms with Gasteiger partial charge < -0.3 is 10.5 Å². The molecule has 4 rings (SSSR count). The Labute approximate surface area is 203 Å². The van der Waals surface area contributed by atoms with E-state index in [1.165, 1.54) is 6.07 Å². The number of halogens is 1. The lowest BCUT2D eigenvalue weighted by Crippen LogP contribution is -2.53. The van der Waals surface area contributed by atoms with E-state index in [0.717, 1.165) is 11.1 Å². The molecule has 1 amide bonds. The van der Waals surface area contributed by atoms with Gasteiger partial charge in [0.05, 0.1) is 6.04 Å². The molecule has 3 N–H and O–H groups in total. The molecule has 1 aliphatic rings. The van der Waals surface area contributed by atoms with Gasteiger partial charge in [0, 0.05) is 11.1 Å². The molecule has 1 unspecified atom stereocenters. The summed E-state index contributed by atoms with van der Waals surface area (Å²) >= 11 is 0. The molecule has 7 nitrogen and oxygen atoms in total. The minimum atomic E-state index is -3.91. The maximum atomic E-state index is 14.1. The van der Waals surface area contributed by atoms with Gasteiger partial charge in [-0.3, -0.25) is 4.79 Å². The van der Waals surface area contributed by atoms with Crippen LogP contribution < -0.4 is 10.5 Å². The Hall–Kier alpha value is -3.72. The quantitative estimate of drug-likeness (QED) is 0.544. The molecule has 3 aromatic carbocycles. The van der Waals surface area contributed by atoms with E-state index in [-0.39, 0.29) is 6.02 Å². The third kappa shape index (κ3) is 5.05. The second-order valence-electron chi connectivity index (χ2n) is 8.93. The average Bonchev–Trinajstić information content (AvgIpc) is 2.78. The van der Waals surface area contributed by atoms with Crippen molar-refractivity contribution in [3.8, 4) is 11.1 Å². The average molecular weight is 496 g/mol. The van der Waals surface area contributed by atoms with Gasteiger partial charge in [0.2, 0.25) is 15.9 Å². The summed E-state index contributed by atoms with van der Waals surface area (Å²) in [7, 11) is -3.91. The largest absolute Gasteiger partial charge is 0.457 e. The van der Waals surface area contributed by atoms with Gasteiger partial charge in [-0.2, -0.15) is 0 Å². The molecule has 2 atom stereocenters. The zero-order chi connectivity index (χ0) is 25.4. The number of aliphatic imine (C=N–C) groups is 1. The number of nitrogens with zero attached hydrogens (tertiary/aromatic N) is 1. The van der Waals surface area contributed by atoms with E-state index in [1.807, 2.05) is 12.1 Å². The Balaban J connectivity index is 1.59. The second-order valence-corrected chi connectivity index (χ2v) is 10.7. The van der Waals surface area contributed by atoms with Crippen LogP contribution in [0.3, 0.4) is 0 Å². The lowest BCUT2D eigenvalue weighted by atomic mass is 9.95. The molecular formula is C26H26FN3O4S. The van der Waals surface area contributed by atoms with Crippen LogP contribution in [0.2, 0.25) is 0 Å². The van der Waals surface area contributed by atoms with Gasteiger partial charge in [0.25, 0.3) is 6.02 Å². The molecule has 0 aromatic heterocycles. The number of nitrogens with one attached hydrogen (secondary N) is 1. The van der Waals surface area contributed by atoms with Crippen molar-refractivity contribution in [2.24, 2.45) is 10.7 Å². The zero-order valence-corrected chi connectivity index (χ0v) is 20.3. The Bertz CT molecular complexity index is 1380. The van der Waals surface area contributed by atoms with Crippen LogP contribution >= 0.6 is 0 Å². The number of nitrogens with two attached hydrogens (primary N) is 1. The van der Waals surface area contributed by atoms with E-state index in [1.54, 1.807) is 75.4 Å². The standard InChI is InChI=1S/C26H26FN3O4S/c1-16(21-6-4-5-7-22(21)27)29-25-30-35(32,33)23(26(2,3)34-25)19-12-8-17(9-13-19)18-10-14-20(15-11-18)24(28)31/h4-16,23H,1-3H3,(H2,28,31)(H,29,30)/t16-,23?/m0/s1. The highest BCUT2D eigenvalue weighted by Crippen LogP contribution is 2.39. The SMILES string of the molecule is C[C@H](N=C1NS(=O)(=O)C(c2ccc(-c3ccc(C(N)=O)cc3)cc2)C(C)(C)O1)c1ccccc1F. The number of carbonyl (C=O) groups excluding carboxylic acids is 1. The monoisotopic (exact) mass is 495 g/mol. The number of amides is 1. The second kappa shape index (κ2) is 9.14. The minimum absolute atomic E-state index is 0.173. The zero-order valence-electron chi connectivity index (χ0n) is 19.5. The van der Waals surface area contributed by atoms with Gasteiger partial charge in [0.1, 0.15) is 16.7 Å². The van der Waals surface area contributed by atoms with Crippen LogP contribution in [0.4, 0.5) is 4.39 Å². The van der Waals surface area contributed by atoms with Gasteiger partial charge in [0.15, 0.2) is 0 Å². The predicted molar refractivity (Wildman–Crippen MR) is 133 cm³/mol. The Morgan fingerprint density at radius 3 is 2.14 bits per heavy atom. The van der Waals surface area contributed by atoms with Crippen molar-refractivity contribution in [3.05, 3.63) is 95.3 Å². The van der Waals surface area contributed by atoms with Crippen LogP contribution in [0.15, 0.2) is 77.8 Å². The van der Waals surface area contributed by atoms with E-state index in [4.69, 9.17) is 10.5 Å². The lowest BCUT2D eigenvalue weighted by molar-refractivity contribution is 0.0761. The molecule has 182 valence electrons. The molecule has 0 aliphatic carbocycles. The van der Waals surface area contributed by atoms with E-state index < -0.39 is 38.6 Å². The fourth-order valence-electron chi connectivity index (χ4n) is 4.25. The number of rotatable bonds is 5. The van der Waals surface area contributed by atoms with Crippen molar-refractivity contribution in [1.29, 1.82) is 0 Å². The number of hydrogen-bond acceptors (Lipinski definition) is 5. The first-order chi connectivity index (χ1) is 16.5. The number of sulfonamides is 1. The third-order valence-corrected chi connectivity index (χ3v) is 7.83. The van der Waals surface area contributed by atoms with E-state index in [0.29, 0.717) is 16.7 Å². The van der Waals surface area contributed by atoms with Crippen molar-refractivity contribution < 1.29 is 22.3 Å². The van der Waals surface area contributed by atoms with Crippen LogP contribution in [0.25, 0.3) is 11.1 Å². The molecule has 9 heteroatoms. The maximum absolute atomic E-state index is 14.1. The summed E-state index contributed by atoms with van der Waals surface area (Å²) in [6.07, 6.45) is 0. The fraction of sp³-hybridized carbons (Fsp3) is 0.231. The van der Waals surface area contributed by atoms with Crippen LogP contribution in [0, 0.1) is 5.82 Å². The van der Waals surface area contributed by atoms with Crippen molar-refractivity contribution in [3.63, 3.8) is 0 Å². The van der Waals surface area contributed by atoms with Gasteiger partial charge >= 0.3 is 0 Å². The highest BCUT2D eigenvalue weighted by molar-refractivity contribution is 7.90. The van der Waals surface area contributed by atoms with E-state index >= 15 is 0 Å². The molecule has 0 spiro atoms. The van der Waals surface area contributed by atoms with Crippen LogP contribution in [-0.2, 0) is 14.8 Å². The molecular weight excluding hydrogens is 469 g/mol. The molecule has 1 aliphatic heterocycles. The highest BCUT2D eigenvalue weighted by atomic mass is 32.2. The lowest BCUT2D eigenvalue weighted by Gasteiger charge is -2.39.